The van der Waals surface area contributed by atoms with Crippen LogP contribution >= 0.6 is 0 Å². The van der Waals surface area contributed by atoms with Crippen molar-refractivity contribution in [2.75, 3.05) is 0 Å². The van der Waals surface area contributed by atoms with E-state index in [0.717, 1.165) is 0 Å². The molecule has 0 aromatic heterocycles. The van der Waals surface area contributed by atoms with Crippen LogP contribution in [0.4, 0.5) is 51.8 Å². The van der Waals surface area contributed by atoms with Crippen molar-refractivity contribution in [1.29, 1.82) is 0 Å². The molecule has 20 heavy (non-hydrogen) atoms. The van der Waals surface area contributed by atoms with E-state index in [0.29, 0.717) is 0 Å². The van der Waals surface area contributed by atoms with Gasteiger partial charge in [0.25, 0.3) is 0 Å². The van der Waals surface area contributed by atoms with Gasteiger partial charge in [-0.15, -0.1) is 39.5 Å². The average Bonchev–Trinajstić information content (AvgIpc) is 1.88. The monoisotopic (exact) mass is 368 g/mol. The van der Waals surface area contributed by atoms with Crippen LogP contribution in [0.15, 0.2) is 0 Å². The Morgan fingerprint density at radius 2 is 0.700 bits per heavy atom. The molecule has 0 heterocycles. The summed E-state index contributed by atoms with van der Waals surface area (Å²) in [4.78, 5) is 0. The quantitative estimate of drug-likeness (QED) is 0.432. The van der Waals surface area contributed by atoms with Gasteiger partial charge in [0.1, 0.15) is 0 Å². The van der Waals surface area contributed by atoms with Gasteiger partial charge in [-0.3, -0.25) is 13.3 Å². The van der Waals surface area contributed by atoms with E-state index in [9.17, 15) is 51.8 Å². The van der Waals surface area contributed by atoms with E-state index in [1.54, 1.807) is 0 Å². The van der Waals surface area contributed by atoms with E-state index >= 15 is 0 Å². The molecule has 122 valence electrons. The van der Waals surface area contributed by atoms with Crippen LogP contribution in [0, 0.1) is 0 Å². The average molecular weight is 368 g/mol. The Kier molecular flexibility index (Phi) is 5.21. The molecule has 0 spiro atoms. The Morgan fingerprint density at radius 3 is 0.800 bits per heavy atom. The minimum atomic E-state index is -8.45. The first-order valence-electron chi connectivity index (χ1n) is 3.74. The maximum absolute atomic E-state index is 12.3. The molecular weight excluding hydrogens is 368 g/mol. The van der Waals surface area contributed by atoms with Crippen molar-refractivity contribution in [1.82, 2.24) is 0 Å². The van der Waals surface area contributed by atoms with Gasteiger partial charge in [0.2, 0.25) is 0 Å². The summed E-state index contributed by atoms with van der Waals surface area (Å²) in [5, 5.41) is 0. The molecule has 0 aliphatic carbocycles. The zero-order valence-electron chi connectivity index (χ0n) is 8.26. The molecule has 17 heteroatoms. The molecule has 0 amide bonds. The van der Waals surface area contributed by atoms with Gasteiger partial charge in [-0.25, -0.2) is 12.3 Å². The summed E-state index contributed by atoms with van der Waals surface area (Å²) in [5.74, 6) is 0. The van der Waals surface area contributed by atoms with Crippen LogP contribution < -0.4 is 0 Å². The Labute approximate surface area is 102 Å². The van der Waals surface area contributed by atoms with Crippen molar-refractivity contribution in [3.05, 3.63) is 0 Å². The fourth-order valence-corrected chi connectivity index (χ4v) is 4.16. The fraction of sp³-hybridized carbons (Fsp3) is 1.00. The maximum atomic E-state index is 12.3. The number of hydrogen-bond acceptors (Lipinski definition) is 3. The Hall–Kier alpha value is -0.526. The highest BCUT2D eigenvalue weighted by atomic mass is 29.3. The van der Waals surface area contributed by atoms with E-state index in [1.807, 2.05) is 13.3 Å². The second kappa shape index (κ2) is 5.35. The van der Waals surface area contributed by atoms with Gasteiger partial charge >= 0.3 is 36.0 Å². The van der Waals surface area contributed by atoms with E-state index in [1.165, 1.54) is 0 Å². The summed E-state index contributed by atoms with van der Waals surface area (Å²) >= 11 is 0. The van der Waals surface area contributed by atoms with Crippen molar-refractivity contribution in [2.45, 2.75) is 19.1 Å². The lowest BCUT2D eigenvalue weighted by Gasteiger charge is -2.30. The van der Waals surface area contributed by atoms with Crippen LogP contribution in [0.2, 0.25) is 0 Å². The molecule has 0 atom stereocenters. The third-order valence-electron chi connectivity index (χ3n) is 1.10. The van der Waals surface area contributed by atoms with Crippen LogP contribution in [0.3, 0.4) is 0 Å². The van der Waals surface area contributed by atoms with E-state index in [-0.39, 0.29) is 0 Å². The first kappa shape index (κ1) is 19.5. The molecule has 0 saturated carbocycles. The van der Waals surface area contributed by atoms with Crippen molar-refractivity contribution >= 4 is 16.9 Å². The molecule has 0 N–H and O–H groups in total. The molecule has 0 fully saturated rings. The summed E-state index contributed by atoms with van der Waals surface area (Å²) in [7, 11) is -16.6. The fourth-order valence-electron chi connectivity index (χ4n) is 0.693. The van der Waals surface area contributed by atoms with Gasteiger partial charge in [-0.05, 0) is 0 Å². The third-order valence-corrected chi connectivity index (χ3v) is 6.29. The normalized spacial score (nSPS) is 15.6. The number of rotatable bonds is 4. The van der Waals surface area contributed by atoms with Gasteiger partial charge in [0.15, 0.2) is 0 Å². The van der Waals surface area contributed by atoms with Crippen molar-refractivity contribution in [3.63, 3.8) is 0 Å². The van der Waals surface area contributed by atoms with Gasteiger partial charge in [-0.1, -0.05) is 0 Å². The van der Waals surface area contributed by atoms with E-state index in [4.69, 9.17) is 0 Å². The molecule has 0 radical (unpaired) electrons. The molecule has 0 aromatic rings. The maximum Gasteiger partial charge on any atom is 0.690 e. The number of halogens is 12. The largest absolute Gasteiger partial charge is 0.690 e. The predicted octanol–water partition coefficient (Wildman–Crippen LogP) is 3.46. The zero-order chi connectivity index (χ0) is 16.6. The summed E-state index contributed by atoms with van der Waals surface area (Å²) in [6.45, 7) is 0. The molecular formula is C3F12O3Si2. The molecule has 0 aliphatic rings. The van der Waals surface area contributed by atoms with Crippen molar-refractivity contribution in [2.24, 2.45) is 0 Å². The lowest BCUT2D eigenvalue weighted by atomic mass is 11.4. The van der Waals surface area contributed by atoms with Gasteiger partial charge in [0, 0.05) is 0 Å². The van der Waals surface area contributed by atoms with E-state index < -0.39 is 36.0 Å². The highest BCUT2D eigenvalue weighted by Gasteiger charge is 2.81. The number of hydrogen-bond donors (Lipinski definition) is 0. The van der Waals surface area contributed by atoms with Crippen LogP contribution in [-0.4, -0.2) is 36.0 Å². The van der Waals surface area contributed by atoms with Crippen molar-refractivity contribution < 1.29 is 65.1 Å². The molecule has 0 bridgehead atoms. The van der Waals surface area contributed by atoms with E-state index in [2.05, 4.69) is 0 Å². The van der Waals surface area contributed by atoms with Gasteiger partial charge in [-0.2, -0.15) is 0 Å². The highest BCUT2D eigenvalue weighted by molar-refractivity contribution is 7.25. The Balaban J connectivity index is 5.78. The predicted molar refractivity (Wildman–Crippen MR) is 36.3 cm³/mol. The molecule has 0 saturated heterocycles. The topological polar surface area (TPSA) is 27.7 Å². The van der Waals surface area contributed by atoms with Crippen LogP contribution in [0.25, 0.3) is 0 Å². The van der Waals surface area contributed by atoms with Crippen LogP contribution in [0.1, 0.15) is 0 Å². The summed E-state index contributed by atoms with van der Waals surface area (Å²) < 4.78 is 148. The smallest absolute Gasteiger partial charge is 0.281 e. The van der Waals surface area contributed by atoms with Crippen LogP contribution in [0.5, 0.6) is 0 Å². The molecule has 0 aromatic carbocycles. The highest BCUT2D eigenvalue weighted by Crippen LogP contribution is 2.40. The molecule has 3 nitrogen and oxygen atoms in total. The summed E-state index contributed by atoms with van der Waals surface area (Å²) in [6.07, 6.45) is -19.5. The second-order valence-corrected chi connectivity index (χ2v) is 8.96. The molecule has 0 rings (SSSR count). The van der Waals surface area contributed by atoms with Crippen molar-refractivity contribution in [3.8, 4) is 0 Å². The van der Waals surface area contributed by atoms with Gasteiger partial charge in [0.05, 0.1) is 0 Å². The lowest BCUT2D eigenvalue weighted by Crippen LogP contribution is -2.68. The zero-order valence-corrected chi connectivity index (χ0v) is 10.3. The summed E-state index contributed by atoms with van der Waals surface area (Å²) in [6, 6.07) is 0. The Bertz CT molecular complexity index is 284. The minimum Gasteiger partial charge on any atom is -0.281 e. The number of alkyl halides is 9. The standard InChI is InChI=1S/C3F12O3Si2/c4-1(5,6)16-20(19(13,14)15,17-2(7,8)9)18-3(10,11)12. The summed E-state index contributed by atoms with van der Waals surface area (Å²) in [5.41, 5.74) is 0. The third kappa shape index (κ3) is 6.77. The minimum absolute atomic E-state index is 1.93. The molecule has 0 unspecified atom stereocenters. The lowest BCUT2D eigenvalue weighted by molar-refractivity contribution is -0.363. The SMILES string of the molecule is FC(F)(F)O[Si](OC(F)(F)F)(OC(F)(F)F)[Si](F)(F)F. The van der Waals surface area contributed by atoms with Crippen LogP contribution in [-0.2, 0) is 13.3 Å². The van der Waals surface area contributed by atoms with Gasteiger partial charge < -0.3 is 0 Å². The first-order chi connectivity index (χ1) is 8.37. The first-order valence-corrected chi connectivity index (χ1v) is 8.10. The second-order valence-electron chi connectivity index (χ2n) is 2.70. The Morgan fingerprint density at radius 1 is 0.500 bits per heavy atom. The molecule has 0 aliphatic heterocycles.